The van der Waals surface area contributed by atoms with Crippen molar-refractivity contribution in [2.75, 3.05) is 13.2 Å². The topological polar surface area (TPSA) is 46.6 Å². The standard InChI is InChI=1S/C10H9Cl4NO3S/c11-7-1-3-8(4-2-7)19(16,17)15-5-6-18-9(15)10(12,13)14/h1-4,9H,5-6H2/t9-/m1/s1. The monoisotopic (exact) mass is 363 g/mol. The lowest BCUT2D eigenvalue weighted by Crippen LogP contribution is -2.43. The number of halogens is 4. The number of rotatable bonds is 2. The summed E-state index contributed by atoms with van der Waals surface area (Å²) in [5, 5.41) is 0.439. The second-order valence-corrected chi connectivity index (χ2v) is 8.53. The molecule has 4 nitrogen and oxygen atoms in total. The van der Waals surface area contributed by atoms with Gasteiger partial charge in [-0.3, -0.25) is 0 Å². The minimum Gasteiger partial charge on any atom is -0.356 e. The second-order valence-electron chi connectivity index (χ2n) is 3.83. The second kappa shape index (κ2) is 5.56. The predicted molar refractivity (Wildman–Crippen MR) is 75.4 cm³/mol. The van der Waals surface area contributed by atoms with Crippen molar-refractivity contribution in [3.63, 3.8) is 0 Å². The molecule has 0 unspecified atom stereocenters. The molecule has 0 spiro atoms. The van der Waals surface area contributed by atoms with Crippen LogP contribution in [0.15, 0.2) is 29.2 Å². The van der Waals surface area contributed by atoms with E-state index in [0.717, 1.165) is 4.31 Å². The Kier molecular flexibility index (Phi) is 4.58. The molecule has 1 fully saturated rings. The molecule has 19 heavy (non-hydrogen) atoms. The Morgan fingerprint density at radius 3 is 2.32 bits per heavy atom. The van der Waals surface area contributed by atoms with E-state index in [1.807, 2.05) is 0 Å². The molecule has 0 saturated carbocycles. The molecule has 0 bridgehead atoms. The normalized spacial score (nSPS) is 21.8. The first-order valence-electron chi connectivity index (χ1n) is 5.18. The van der Waals surface area contributed by atoms with Gasteiger partial charge in [0.2, 0.25) is 13.8 Å². The van der Waals surface area contributed by atoms with E-state index in [2.05, 4.69) is 0 Å². The number of nitrogens with zero attached hydrogens (tertiary/aromatic N) is 1. The molecule has 1 aromatic carbocycles. The third kappa shape index (κ3) is 3.29. The molecule has 2 rings (SSSR count). The smallest absolute Gasteiger partial charge is 0.245 e. The molecular weight excluding hydrogens is 356 g/mol. The first kappa shape index (κ1) is 15.6. The average molecular weight is 365 g/mol. The number of benzene rings is 1. The summed E-state index contributed by atoms with van der Waals surface area (Å²) in [4.78, 5) is 0.0710. The summed E-state index contributed by atoms with van der Waals surface area (Å²) >= 11 is 22.9. The molecule has 0 aliphatic carbocycles. The lowest BCUT2D eigenvalue weighted by atomic mass is 10.4. The molecule has 0 N–H and O–H groups in total. The van der Waals surface area contributed by atoms with E-state index in [1.165, 1.54) is 24.3 Å². The largest absolute Gasteiger partial charge is 0.356 e. The minimum atomic E-state index is -3.79. The van der Waals surface area contributed by atoms with Crippen molar-refractivity contribution >= 4 is 56.4 Å². The number of sulfonamides is 1. The summed E-state index contributed by atoms with van der Waals surface area (Å²) in [5.74, 6) is 0. The van der Waals surface area contributed by atoms with Crippen LogP contribution in [0.3, 0.4) is 0 Å². The van der Waals surface area contributed by atoms with Crippen LogP contribution in [0, 0.1) is 0 Å². The fourth-order valence-corrected chi connectivity index (χ4v) is 4.08. The lowest BCUT2D eigenvalue weighted by molar-refractivity contribution is 0.0719. The van der Waals surface area contributed by atoms with Crippen LogP contribution >= 0.6 is 46.4 Å². The summed E-state index contributed by atoms with van der Waals surface area (Å²) in [6.45, 7) is 0.301. The third-order valence-corrected chi connectivity index (χ3v) is 5.22. The number of ether oxygens (including phenoxy) is 1. The zero-order valence-electron chi connectivity index (χ0n) is 9.39. The van der Waals surface area contributed by atoms with E-state index in [1.54, 1.807) is 0 Å². The highest BCUT2D eigenvalue weighted by Gasteiger charge is 2.47. The van der Waals surface area contributed by atoms with Crippen LogP contribution in [-0.2, 0) is 14.8 Å². The van der Waals surface area contributed by atoms with Crippen LogP contribution in [0.25, 0.3) is 0 Å². The average Bonchev–Trinajstić information content (AvgIpc) is 2.78. The highest BCUT2D eigenvalue weighted by molar-refractivity contribution is 7.89. The summed E-state index contributed by atoms with van der Waals surface area (Å²) in [6, 6.07) is 5.75. The van der Waals surface area contributed by atoms with Crippen LogP contribution in [-0.4, -0.2) is 35.9 Å². The fraction of sp³-hybridized carbons (Fsp3) is 0.400. The van der Waals surface area contributed by atoms with Crippen molar-refractivity contribution in [2.24, 2.45) is 0 Å². The first-order chi connectivity index (χ1) is 8.73. The molecule has 1 aliphatic heterocycles. The van der Waals surface area contributed by atoms with E-state index in [4.69, 9.17) is 51.1 Å². The van der Waals surface area contributed by atoms with Gasteiger partial charge in [0, 0.05) is 11.6 Å². The Balaban J connectivity index is 2.37. The molecule has 106 valence electrons. The molecule has 9 heteroatoms. The van der Waals surface area contributed by atoms with Gasteiger partial charge in [0.15, 0.2) is 6.23 Å². The molecule has 1 atom stereocenters. The molecule has 1 aliphatic rings. The quantitative estimate of drug-likeness (QED) is 0.757. The van der Waals surface area contributed by atoms with Gasteiger partial charge in [0.1, 0.15) is 0 Å². The zero-order chi connectivity index (χ0) is 14.3. The van der Waals surface area contributed by atoms with Crippen molar-refractivity contribution in [3.8, 4) is 0 Å². The summed E-state index contributed by atoms with van der Waals surface area (Å²) < 4.78 is 29.2. The summed E-state index contributed by atoms with van der Waals surface area (Å²) in [6.07, 6.45) is -1.14. The predicted octanol–water partition coefficient (Wildman–Crippen LogP) is 3.06. The molecule has 1 aromatic rings. The van der Waals surface area contributed by atoms with Crippen molar-refractivity contribution in [2.45, 2.75) is 14.9 Å². The van der Waals surface area contributed by atoms with Gasteiger partial charge in [-0.25, -0.2) is 8.42 Å². The number of hydrogen-bond donors (Lipinski definition) is 0. The molecule has 0 amide bonds. The van der Waals surface area contributed by atoms with Crippen LogP contribution in [0.4, 0.5) is 0 Å². The SMILES string of the molecule is O=S(=O)(c1ccc(Cl)cc1)N1CCO[C@@H]1C(Cl)(Cl)Cl. The Labute approximate surface area is 131 Å². The highest BCUT2D eigenvalue weighted by Crippen LogP contribution is 2.38. The lowest BCUT2D eigenvalue weighted by Gasteiger charge is -2.27. The van der Waals surface area contributed by atoms with Crippen LogP contribution in [0.2, 0.25) is 5.02 Å². The van der Waals surface area contributed by atoms with Crippen LogP contribution in [0.1, 0.15) is 0 Å². The maximum absolute atomic E-state index is 12.4. The van der Waals surface area contributed by atoms with E-state index in [-0.39, 0.29) is 18.0 Å². The highest BCUT2D eigenvalue weighted by atomic mass is 35.6. The molecule has 0 aromatic heterocycles. The minimum absolute atomic E-state index is 0.0710. The Morgan fingerprint density at radius 1 is 1.21 bits per heavy atom. The van der Waals surface area contributed by atoms with Gasteiger partial charge < -0.3 is 4.74 Å². The van der Waals surface area contributed by atoms with Gasteiger partial charge in [-0.15, -0.1) is 0 Å². The van der Waals surface area contributed by atoms with Gasteiger partial charge in [0.25, 0.3) is 0 Å². The van der Waals surface area contributed by atoms with E-state index in [9.17, 15) is 8.42 Å². The molecule has 1 saturated heterocycles. The number of alkyl halides is 3. The van der Waals surface area contributed by atoms with Crippen molar-refractivity contribution in [1.82, 2.24) is 4.31 Å². The van der Waals surface area contributed by atoms with Gasteiger partial charge in [-0.2, -0.15) is 4.31 Å². The molecule has 0 radical (unpaired) electrons. The van der Waals surface area contributed by atoms with Gasteiger partial charge in [-0.05, 0) is 24.3 Å². The van der Waals surface area contributed by atoms with Crippen molar-refractivity contribution in [3.05, 3.63) is 29.3 Å². The Hall–Kier alpha value is 0.250. The number of hydrogen-bond acceptors (Lipinski definition) is 3. The van der Waals surface area contributed by atoms with Crippen molar-refractivity contribution in [1.29, 1.82) is 0 Å². The summed E-state index contributed by atoms with van der Waals surface area (Å²) in [7, 11) is -3.79. The molecular formula is C10H9Cl4NO3S. The van der Waals surface area contributed by atoms with Gasteiger partial charge in [-0.1, -0.05) is 46.4 Å². The maximum Gasteiger partial charge on any atom is 0.245 e. The summed E-state index contributed by atoms with van der Waals surface area (Å²) in [5.41, 5.74) is 0. The van der Waals surface area contributed by atoms with E-state index < -0.39 is 20.0 Å². The Bertz CT molecular complexity index is 555. The third-order valence-electron chi connectivity index (χ3n) is 2.55. The van der Waals surface area contributed by atoms with Crippen LogP contribution in [0.5, 0.6) is 0 Å². The van der Waals surface area contributed by atoms with E-state index >= 15 is 0 Å². The maximum atomic E-state index is 12.4. The van der Waals surface area contributed by atoms with Crippen molar-refractivity contribution < 1.29 is 13.2 Å². The van der Waals surface area contributed by atoms with E-state index in [0.29, 0.717) is 5.02 Å². The van der Waals surface area contributed by atoms with Gasteiger partial charge in [0.05, 0.1) is 11.5 Å². The van der Waals surface area contributed by atoms with Crippen LogP contribution < -0.4 is 0 Å². The van der Waals surface area contributed by atoms with Gasteiger partial charge >= 0.3 is 0 Å². The fourth-order valence-electron chi connectivity index (χ4n) is 1.70. The zero-order valence-corrected chi connectivity index (χ0v) is 13.2. The molecule has 1 heterocycles. The first-order valence-corrected chi connectivity index (χ1v) is 8.14. The Morgan fingerprint density at radius 2 is 1.79 bits per heavy atom.